The van der Waals surface area contributed by atoms with E-state index in [2.05, 4.69) is 10.3 Å². The minimum atomic E-state index is -0.975. The van der Waals surface area contributed by atoms with E-state index < -0.39 is 5.97 Å². The minimum absolute atomic E-state index is 0.134. The number of ether oxygens (including phenoxy) is 1. The third-order valence-corrected chi connectivity index (χ3v) is 3.43. The van der Waals surface area contributed by atoms with E-state index in [4.69, 9.17) is 9.84 Å². The predicted molar refractivity (Wildman–Crippen MR) is 77.3 cm³/mol. The molecule has 1 heterocycles. The predicted octanol–water partition coefficient (Wildman–Crippen LogP) is 2.40. The monoisotopic (exact) mass is 292 g/mol. The third kappa shape index (κ3) is 4.64. The summed E-state index contributed by atoms with van der Waals surface area (Å²) in [4.78, 5) is 14.7. The Labute approximate surface area is 121 Å². The zero-order valence-corrected chi connectivity index (χ0v) is 11.7. The summed E-state index contributed by atoms with van der Waals surface area (Å²) < 4.78 is 5.56. The van der Waals surface area contributed by atoms with Gasteiger partial charge < -0.3 is 15.2 Å². The lowest BCUT2D eigenvalue weighted by Crippen LogP contribution is -2.17. The van der Waals surface area contributed by atoms with E-state index in [0.29, 0.717) is 13.2 Å². The molecular weight excluding hydrogens is 276 g/mol. The van der Waals surface area contributed by atoms with Crippen LogP contribution >= 0.6 is 11.3 Å². The summed E-state index contributed by atoms with van der Waals surface area (Å²) in [6.07, 6.45) is 0.880. The normalized spacial score (nSPS) is 10.4. The van der Waals surface area contributed by atoms with E-state index in [1.165, 1.54) is 0 Å². The van der Waals surface area contributed by atoms with Gasteiger partial charge in [0.2, 0.25) is 5.01 Å². The third-order valence-electron chi connectivity index (χ3n) is 2.55. The van der Waals surface area contributed by atoms with Gasteiger partial charge in [-0.3, -0.25) is 0 Å². The molecule has 0 spiro atoms. The Hall–Kier alpha value is -1.92. The van der Waals surface area contributed by atoms with Crippen molar-refractivity contribution in [3.8, 4) is 5.75 Å². The molecule has 0 aliphatic rings. The lowest BCUT2D eigenvalue weighted by molar-refractivity contribution is 0.0696. The Balaban J connectivity index is 1.58. The number of rotatable bonds is 8. The Morgan fingerprint density at radius 2 is 2.15 bits per heavy atom. The number of nitrogens with one attached hydrogen (secondary N) is 1. The second kappa shape index (κ2) is 7.62. The van der Waals surface area contributed by atoms with Gasteiger partial charge in [-0.1, -0.05) is 18.2 Å². The smallest absolute Gasteiger partial charge is 0.365 e. The highest BCUT2D eigenvalue weighted by Crippen LogP contribution is 2.09. The summed E-state index contributed by atoms with van der Waals surface area (Å²) in [5, 5.41) is 13.9. The summed E-state index contributed by atoms with van der Waals surface area (Å²) in [6.45, 7) is 2.02. The number of hydrogen-bond donors (Lipinski definition) is 2. The molecule has 0 radical (unpaired) electrons. The first kappa shape index (κ1) is 14.5. The Morgan fingerprint density at radius 1 is 1.35 bits per heavy atom. The summed E-state index contributed by atoms with van der Waals surface area (Å²) in [5.74, 6) is -0.101. The number of benzene rings is 1. The number of carbonyl (C=O) groups is 1. The van der Waals surface area contributed by atoms with Crippen molar-refractivity contribution in [3.63, 3.8) is 0 Å². The molecule has 0 unspecified atom stereocenters. The van der Waals surface area contributed by atoms with Crippen LogP contribution in [0.3, 0.4) is 0 Å². The van der Waals surface area contributed by atoms with Crippen LogP contribution in [0.15, 0.2) is 35.7 Å². The highest BCUT2D eigenvalue weighted by Gasteiger charge is 2.07. The van der Waals surface area contributed by atoms with Gasteiger partial charge in [-0.15, -0.1) is 11.3 Å². The fraction of sp³-hybridized carbons (Fsp3) is 0.286. The van der Waals surface area contributed by atoms with Crippen molar-refractivity contribution in [2.24, 2.45) is 0 Å². The number of aromatic carboxylic acids is 1. The van der Waals surface area contributed by atoms with E-state index >= 15 is 0 Å². The van der Waals surface area contributed by atoms with Crippen molar-refractivity contribution >= 4 is 17.3 Å². The number of nitrogens with zero attached hydrogens (tertiary/aromatic N) is 1. The van der Waals surface area contributed by atoms with Crippen molar-refractivity contribution in [2.45, 2.75) is 13.0 Å². The van der Waals surface area contributed by atoms with Crippen LogP contribution in [-0.4, -0.2) is 29.2 Å². The number of hydrogen-bond acceptors (Lipinski definition) is 5. The molecule has 0 fully saturated rings. The number of para-hydroxylation sites is 1. The highest BCUT2D eigenvalue weighted by atomic mass is 32.1. The van der Waals surface area contributed by atoms with Crippen LogP contribution in [0.4, 0.5) is 0 Å². The molecule has 0 atom stereocenters. The SMILES string of the molecule is O=C(O)c1nc(CNCCCOc2ccccc2)cs1. The molecular formula is C14H16N2O3S. The van der Waals surface area contributed by atoms with E-state index in [-0.39, 0.29) is 5.01 Å². The first-order chi connectivity index (χ1) is 9.75. The molecule has 1 aromatic heterocycles. The average Bonchev–Trinajstić information content (AvgIpc) is 2.93. The van der Waals surface area contributed by atoms with E-state index in [0.717, 1.165) is 35.7 Å². The van der Waals surface area contributed by atoms with Gasteiger partial charge in [-0.05, 0) is 25.1 Å². The molecule has 20 heavy (non-hydrogen) atoms. The number of aromatic nitrogens is 1. The van der Waals surface area contributed by atoms with Gasteiger partial charge in [0.05, 0.1) is 12.3 Å². The zero-order chi connectivity index (χ0) is 14.2. The van der Waals surface area contributed by atoms with Crippen LogP contribution in [0.2, 0.25) is 0 Å². The van der Waals surface area contributed by atoms with Gasteiger partial charge in [-0.2, -0.15) is 0 Å². The Bertz CT molecular complexity index is 542. The van der Waals surface area contributed by atoms with Gasteiger partial charge >= 0.3 is 5.97 Å². The largest absolute Gasteiger partial charge is 0.494 e. The van der Waals surface area contributed by atoms with Crippen LogP contribution in [0, 0.1) is 0 Å². The quantitative estimate of drug-likeness (QED) is 0.731. The van der Waals surface area contributed by atoms with Crippen molar-refractivity contribution in [3.05, 3.63) is 46.4 Å². The average molecular weight is 292 g/mol. The molecule has 2 rings (SSSR count). The van der Waals surface area contributed by atoms with Crippen LogP contribution in [0.25, 0.3) is 0 Å². The fourth-order valence-electron chi connectivity index (χ4n) is 1.61. The molecule has 0 aliphatic carbocycles. The summed E-state index contributed by atoms with van der Waals surface area (Å²) >= 11 is 1.15. The van der Waals surface area contributed by atoms with Gasteiger partial charge in [0.25, 0.3) is 0 Å². The van der Waals surface area contributed by atoms with E-state index in [9.17, 15) is 4.79 Å². The van der Waals surface area contributed by atoms with E-state index in [1.54, 1.807) is 5.38 Å². The molecule has 0 aliphatic heterocycles. The van der Waals surface area contributed by atoms with Crippen LogP contribution in [0.1, 0.15) is 21.9 Å². The summed E-state index contributed by atoms with van der Waals surface area (Å²) in [5.41, 5.74) is 0.761. The van der Waals surface area contributed by atoms with E-state index in [1.807, 2.05) is 30.3 Å². The van der Waals surface area contributed by atoms with Crippen LogP contribution < -0.4 is 10.1 Å². The maximum Gasteiger partial charge on any atom is 0.365 e. The molecule has 2 aromatic rings. The standard InChI is InChI=1S/C14H16N2O3S/c17-14(18)13-16-11(10-20-13)9-15-7-4-8-19-12-5-2-1-3-6-12/h1-3,5-6,10,15H,4,7-9H2,(H,17,18). The fourth-order valence-corrected chi connectivity index (χ4v) is 2.26. The number of carboxylic acids is 1. The molecule has 106 valence electrons. The van der Waals surface area contributed by atoms with Crippen LogP contribution in [0.5, 0.6) is 5.75 Å². The molecule has 0 amide bonds. The number of thiazole rings is 1. The molecule has 0 bridgehead atoms. The molecule has 2 N–H and O–H groups in total. The second-order valence-electron chi connectivity index (χ2n) is 4.14. The number of carboxylic acid groups (broad SMARTS) is 1. The van der Waals surface area contributed by atoms with Gasteiger partial charge in [-0.25, -0.2) is 9.78 Å². The minimum Gasteiger partial charge on any atom is -0.494 e. The lowest BCUT2D eigenvalue weighted by atomic mass is 10.3. The molecule has 0 saturated heterocycles. The first-order valence-corrected chi connectivity index (χ1v) is 7.20. The summed E-state index contributed by atoms with van der Waals surface area (Å²) in [6, 6.07) is 9.69. The zero-order valence-electron chi connectivity index (χ0n) is 10.9. The molecule has 6 heteroatoms. The van der Waals surface area contributed by atoms with Crippen molar-refractivity contribution in [1.29, 1.82) is 0 Å². The lowest BCUT2D eigenvalue weighted by Gasteiger charge is -2.06. The molecule has 5 nitrogen and oxygen atoms in total. The maximum atomic E-state index is 10.7. The Kier molecular flexibility index (Phi) is 5.52. The van der Waals surface area contributed by atoms with Gasteiger partial charge in [0.1, 0.15) is 5.75 Å². The Morgan fingerprint density at radius 3 is 2.85 bits per heavy atom. The van der Waals surface area contributed by atoms with Gasteiger partial charge in [0, 0.05) is 11.9 Å². The van der Waals surface area contributed by atoms with Crippen LogP contribution in [-0.2, 0) is 6.54 Å². The summed E-state index contributed by atoms with van der Waals surface area (Å²) in [7, 11) is 0. The van der Waals surface area contributed by atoms with Crippen molar-refractivity contribution in [1.82, 2.24) is 10.3 Å². The van der Waals surface area contributed by atoms with Crippen molar-refractivity contribution in [2.75, 3.05) is 13.2 Å². The van der Waals surface area contributed by atoms with Crippen molar-refractivity contribution < 1.29 is 14.6 Å². The second-order valence-corrected chi connectivity index (χ2v) is 5.00. The topological polar surface area (TPSA) is 71.5 Å². The molecule has 1 aromatic carbocycles. The highest BCUT2D eigenvalue weighted by molar-refractivity contribution is 7.11. The molecule has 0 saturated carbocycles. The first-order valence-electron chi connectivity index (χ1n) is 6.32. The maximum absolute atomic E-state index is 10.7. The van der Waals surface area contributed by atoms with Gasteiger partial charge in [0.15, 0.2) is 0 Å².